The molecule has 0 aromatic heterocycles. The van der Waals surface area contributed by atoms with Crippen molar-refractivity contribution >= 4 is 5.78 Å². The van der Waals surface area contributed by atoms with E-state index in [2.05, 4.69) is 0 Å². The molecule has 0 bridgehead atoms. The molecule has 3 heteroatoms. The van der Waals surface area contributed by atoms with Crippen LogP contribution >= 0.6 is 0 Å². The summed E-state index contributed by atoms with van der Waals surface area (Å²) in [6.45, 7) is 4.43. The predicted octanol–water partition coefficient (Wildman–Crippen LogP) is 2.53. The average Bonchev–Trinajstić information content (AvgIpc) is 2.28. The Labute approximate surface area is 96.4 Å². The van der Waals surface area contributed by atoms with Crippen molar-refractivity contribution in [2.45, 2.75) is 20.3 Å². The number of hydrogen-bond acceptors (Lipinski definition) is 3. The van der Waals surface area contributed by atoms with E-state index in [-0.39, 0.29) is 5.78 Å². The standard InChI is InChI=1S/C13H18O3/c1-9-7-11(12(14)5-6-15-3)13(16-4)8-10(9)2/h7-8H,5-6H2,1-4H3. The van der Waals surface area contributed by atoms with Crippen LogP contribution in [0.15, 0.2) is 12.1 Å². The van der Waals surface area contributed by atoms with Gasteiger partial charge >= 0.3 is 0 Å². The Bertz CT molecular complexity index is 383. The zero-order chi connectivity index (χ0) is 12.1. The van der Waals surface area contributed by atoms with E-state index >= 15 is 0 Å². The van der Waals surface area contributed by atoms with Crippen LogP contribution in [0.3, 0.4) is 0 Å². The summed E-state index contributed by atoms with van der Waals surface area (Å²) in [4.78, 5) is 11.9. The SMILES string of the molecule is COCCC(=O)c1cc(C)c(C)cc1OC. The van der Waals surface area contributed by atoms with Crippen molar-refractivity contribution in [1.82, 2.24) is 0 Å². The van der Waals surface area contributed by atoms with Crippen LogP contribution in [0, 0.1) is 13.8 Å². The number of ether oxygens (including phenoxy) is 2. The highest BCUT2D eigenvalue weighted by molar-refractivity contribution is 5.99. The van der Waals surface area contributed by atoms with Crippen molar-refractivity contribution in [3.05, 3.63) is 28.8 Å². The third kappa shape index (κ3) is 2.83. The Balaban J connectivity index is 3.02. The average molecular weight is 222 g/mol. The largest absolute Gasteiger partial charge is 0.496 e. The van der Waals surface area contributed by atoms with Crippen molar-refractivity contribution in [1.29, 1.82) is 0 Å². The smallest absolute Gasteiger partial charge is 0.168 e. The molecule has 0 heterocycles. The topological polar surface area (TPSA) is 35.5 Å². The van der Waals surface area contributed by atoms with Gasteiger partial charge in [-0.15, -0.1) is 0 Å². The van der Waals surface area contributed by atoms with Gasteiger partial charge in [0.2, 0.25) is 0 Å². The second kappa shape index (κ2) is 5.66. The molecule has 1 aromatic rings. The summed E-state index contributed by atoms with van der Waals surface area (Å²) in [6, 6.07) is 3.78. The van der Waals surface area contributed by atoms with E-state index in [0.29, 0.717) is 24.3 Å². The van der Waals surface area contributed by atoms with Gasteiger partial charge in [0.25, 0.3) is 0 Å². The van der Waals surface area contributed by atoms with Crippen LogP contribution in [0.1, 0.15) is 27.9 Å². The van der Waals surface area contributed by atoms with E-state index in [4.69, 9.17) is 9.47 Å². The molecule has 0 saturated carbocycles. The van der Waals surface area contributed by atoms with Crippen LogP contribution in [-0.4, -0.2) is 26.6 Å². The lowest BCUT2D eigenvalue weighted by atomic mass is 10.0. The van der Waals surface area contributed by atoms with Gasteiger partial charge in [0.05, 0.1) is 19.3 Å². The summed E-state index contributed by atoms with van der Waals surface area (Å²) >= 11 is 0. The number of hydrogen-bond donors (Lipinski definition) is 0. The molecule has 3 nitrogen and oxygen atoms in total. The van der Waals surface area contributed by atoms with Gasteiger partial charge in [0, 0.05) is 13.5 Å². The summed E-state index contributed by atoms with van der Waals surface area (Å²) in [5.41, 5.74) is 2.87. The molecule has 0 unspecified atom stereocenters. The van der Waals surface area contributed by atoms with Crippen LogP contribution in [0.5, 0.6) is 5.75 Å². The van der Waals surface area contributed by atoms with E-state index in [0.717, 1.165) is 11.1 Å². The summed E-state index contributed by atoms with van der Waals surface area (Å²) in [5.74, 6) is 0.700. The molecule has 1 rings (SSSR count). The minimum atomic E-state index is 0.0572. The lowest BCUT2D eigenvalue weighted by Gasteiger charge is -2.10. The Hall–Kier alpha value is -1.35. The Morgan fingerprint density at radius 1 is 1.19 bits per heavy atom. The number of aryl methyl sites for hydroxylation is 2. The van der Waals surface area contributed by atoms with Crippen molar-refractivity contribution in [2.24, 2.45) is 0 Å². The highest BCUT2D eigenvalue weighted by atomic mass is 16.5. The van der Waals surface area contributed by atoms with Crippen LogP contribution < -0.4 is 4.74 Å². The quantitative estimate of drug-likeness (QED) is 0.718. The van der Waals surface area contributed by atoms with E-state index in [1.807, 2.05) is 26.0 Å². The zero-order valence-corrected chi connectivity index (χ0v) is 10.3. The first-order valence-electron chi connectivity index (χ1n) is 5.27. The molecular weight excluding hydrogens is 204 g/mol. The summed E-state index contributed by atoms with van der Waals surface area (Å²) in [6.07, 6.45) is 0.384. The van der Waals surface area contributed by atoms with Crippen LogP contribution in [-0.2, 0) is 4.74 Å². The molecule has 0 amide bonds. The first kappa shape index (κ1) is 12.7. The fraction of sp³-hybridized carbons (Fsp3) is 0.462. The number of carbonyl (C=O) groups is 1. The maximum atomic E-state index is 11.9. The molecule has 0 N–H and O–H groups in total. The number of Topliss-reactive ketones (excluding diaryl/α,β-unsaturated/α-hetero) is 1. The second-order valence-electron chi connectivity index (χ2n) is 3.80. The molecule has 1 aromatic carbocycles. The molecule has 0 radical (unpaired) electrons. The van der Waals surface area contributed by atoms with E-state index in [1.54, 1.807) is 14.2 Å². The van der Waals surface area contributed by atoms with Crippen LogP contribution in [0.4, 0.5) is 0 Å². The summed E-state index contributed by atoms with van der Waals surface area (Å²) < 4.78 is 10.1. The van der Waals surface area contributed by atoms with Gasteiger partial charge in [-0.25, -0.2) is 0 Å². The summed E-state index contributed by atoms with van der Waals surface area (Å²) in [7, 11) is 3.17. The van der Waals surface area contributed by atoms with Gasteiger partial charge in [-0.1, -0.05) is 0 Å². The van der Waals surface area contributed by atoms with Gasteiger partial charge in [-0.05, 0) is 37.1 Å². The highest BCUT2D eigenvalue weighted by Crippen LogP contribution is 2.24. The molecule has 88 valence electrons. The van der Waals surface area contributed by atoms with Crippen molar-refractivity contribution in [3.63, 3.8) is 0 Å². The normalized spacial score (nSPS) is 10.2. The van der Waals surface area contributed by atoms with E-state index in [9.17, 15) is 4.79 Å². The molecule has 16 heavy (non-hydrogen) atoms. The minimum Gasteiger partial charge on any atom is -0.496 e. The maximum absolute atomic E-state index is 11.9. The van der Waals surface area contributed by atoms with E-state index < -0.39 is 0 Å². The van der Waals surface area contributed by atoms with Crippen LogP contribution in [0.2, 0.25) is 0 Å². The Kier molecular flexibility index (Phi) is 4.50. The number of benzene rings is 1. The van der Waals surface area contributed by atoms with Crippen molar-refractivity contribution in [3.8, 4) is 5.75 Å². The van der Waals surface area contributed by atoms with Gasteiger partial charge in [-0.3, -0.25) is 4.79 Å². The minimum absolute atomic E-state index is 0.0572. The Morgan fingerprint density at radius 2 is 1.81 bits per heavy atom. The van der Waals surface area contributed by atoms with Gasteiger partial charge in [0.15, 0.2) is 5.78 Å². The van der Waals surface area contributed by atoms with Crippen molar-refractivity contribution in [2.75, 3.05) is 20.8 Å². The lowest BCUT2D eigenvalue weighted by Crippen LogP contribution is -2.06. The molecule has 0 saturated heterocycles. The molecule has 0 fully saturated rings. The van der Waals surface area contributed by atoms with Gasteiger partial charge < -0.3 is 9.47 Å². The third-order valence-electron chi connectivity index (χ3n) is 2.65. The highest BCUT2D eigenvalue weighted by Gasteiger charge is 2.13. The predicted molar refractivity (Wildman–Crippen MR) is 63.3 cm³/mol. The van der Waals surface area contributed by atoms with E-state index in [1.165, 1.54) is 0 Å². The van der Waals surface area contributed by atoms with Crippen LogP contribution in [0.25, 0.3) is 0 Å². The molecule has 0 atom stereocenters. The zero-order valence-electron chi connectivity index (χ0n) is 10.3. The number of rotatable bonds is 5. The Morgan fingerprint density at radius 3 is 2.38 bits per heavy atom. The number of ketones is 1. The van der Waals surface area contributed by atoms with Gasteiger partial charge in [-0.2, -0.15) is 0 Å². The fourth-order valence-corrected chi connectivity index (χ4v) is 1.51. The third-order valence-corrected chi connectivity index (χ3v) is 2.65. The first-order valence-corrected chi connectivity index (χ1v) is 5.27. The fourth-order valence-electron chi connectivity index (χ4n) is 1.51. The second-order valence-corrected chi connectivity index (χ2v) is 3.80. The molecule has 0 aliphatic heterocycles. The number of carbonyl (C=O) groups excluding carboxylic acids is 1. The maximum Gasteiger partial charge on any atom is 0.168 e. The molecule has 0 aliphatic rings. The molecular formula is C13H18O3. The monoisotopic (exact) mass is 222 g/mol. The molecule has 0 spiro atoms. The first-order chi connectivity index (χ1) is 7.60. The van der Waals surface area contributed by atoms with Gasteiger partial charge in [0.1, 0.15) is 5.75 Å². The molecule has 0 aliphatic carbocycles. The number of methoxy groups -OCH3 is 2. The summed E-state index contributed by atoms with van der Waals surface area (Å²) in [5, 5.41) is 0. The lowest BCUT2D eigenvalue weighted by molar-refractivity contribution is 0.0929. The van der Waals surface area contributed by atoms with Crippen molar-refractivity contribution < 1.29 is 14.3 Å².